The Morgan fingerprint density at radius 3 is 2.71 bits per heavy atom. The highest BCUT2D eigenvalue weighted by Gasteiger charge is 2.25. The zero-order chi connectivity index (χ0) is 15.6. The van der Waals surface area contributed by atoms with Gasteiger partial charge in [-0.15, -0.1) is 11.3 Å². The largest absolute Gasteiger partial charge is 0.392 e. The van der Waals surface area contributed by atoms with E-state index in [1.54, 1.807) is 11.6 Å². The van der Waals surface area contributed by atoms with Crippen molar-refractivity contribution >= 4 is 33.0 Å². The molecule has 0 aliphatic carbocycles. The third kappa shape index (κ3) is 3.44. The van der Waals surface area contributed by atoms with Crippen LogP contribution >= 0.6 is 22.9 Å². The van der Waals surface area contributed by atoms with Gasteiger partial charge < -0.3 is 5.11 Å². The maximum atomic E-state index is 12.6. The van der Waals surface area contributed by atoms with Gasteiger partial charge in [-0.25, -0.2) is 13.4 Å². The minimum atomic E-state index is -3.73. The van der Waals surface area contributed by atoms with Crippen LogP contribution in [0.15, 0.2) is 28.6 Å². The number of aliphatic hydroxyl groups is 1. The van der Waals surface area contributed by atoms with E-state index in [4.69, 9.17) is 16.7 Å². The molecular formula is C13H15ClN2O3S2. The van der Waals surface area contributed by atoms with E-state index in [0.717, 1.165) is 10.6 Å². The van der Waals surface area contributed by atoms with Gasteiger partial charge in [-0.05, 0) is 24.6 Å². The number of benzene rings is 1. The lowest BCUT2D eigenvalue weighted by Gasteiger charge is -2.18. The number of aliphatic hydroxyl groups excluding tert-OH is 1. The Balaban J connectivity index is 2.35. The van der Waals surface area contributed by atoms with Crippen molar-refractivity contribution in [2.75, 3.05) is 7.05 Å². The molecule has 0 bridgehead atoms. The van der Waals surface area contributed by atoms with Gasteiger partial charge in [0.15, 0.2) is 0 Å². The minimum absolute atomic E-state index is 0.000357. The molecule has 2 aromatic rings. The fraction of sp³-hybridized carbons (Fsp3) is 0.308. The Labute approximate surface area is 132 Å². The molecule has 1 aromatic carbocycles. The van der Waals surface area contributed by atoms with Gasteiger partial charge in [0, 0.05) is 18.5 Å². The van der Waals surface area contributed by atoms with Crippen LogP contribution < -0.4 is 0 Å². The Bertz CT molecular complexity index is 744. The van der Waals surface area contributed by atoms with Crippen LogP contribution in [-0.4, -0.2) is 29.9 Å². The van der Waals surface area contributed by atoms with Gasteiger partial charge in [0.05, 0.1) is 22.8 Å². The standard InChI is InChI=1S/C13H15ClN2O3S2/c1-9-12(20-8-15-9)6-16(2)21(18,19)13-5-10(7-17)3-4-11(13)14/h3-5,8,17H,6-7H2,1-2H3. The predicted molar refractivity (Wildman–Crippen MR) is 82.9 cm³/mol. The summed E-state index contributed by atoms with van der Waals surface area (Å²) in [6, 6.07) is 4.47. The zero-order valence-corrected chi connectivity index (χ0v) is 14.0. The highest BCUT2D eigenvalue weighted by Crippen LogP contribution is 2.27. The molecule has 8 heteroatoms. The average molecular weight is 347 g/mol. The quantitative estimate of drug-likeness (QED) is 0.902. The normalized spacial score (nSPS) is 12.0. The van der Waals surface area contributed by atoms with Crippen LogP contribution in [-0.2, 0) is 23.2 Å². The number of sulfonamides is 1. The summed E-state index contributed by atoms with van der Waals surface area (Å²) in [6.07, 6.45) is 0. The van der Waals surface area contributed by atoms with E-state index in [9.17, 15) is 8.42 Å². The number of aryl methyl sites for hydroxylation is 1. The van der Waals surface area contributed by atoms with Gasteiger partial charge in [0.1, 0.15) is 4.90 Å². The number of rotatable bonds is 5. The van der Waals surface area contributed by atoms with E-state index < -0.39 is 10.0 Å². The second-order valence-electron chi connectivity index (χ2n) is 4.54. The minimum Gasteiger partial charge on any atom is -0.392 e. The van der Waals surface area contributed by atoms with Crippen molar-refractivity contribution < 1.29 is 13.5 Å². The van der Waals surface area contributed by atoms with Crippen LogP contribution in [0.3, 0.4) is 0 Å². The molecule has 0 amide bonds. The predicted octanol–water partition coefficient (Wildman–Crippen LogP) is 2.42. The van der Waals surface area contributed by atoms with Crippen molar-refractivity contribution in [3.63, 3.8) is 0 Å². The highest BCUT2D eigenvalue weighted by molar-refractivity contribution is 7.89. The van der Waals surface area contributed by atoms with E-state index in [2.05, 4.69) is 4.98 Å². The van der Waals surface area contributed by atoms with Crippen LogP contribution in [0.25, 0.3) is 0 Å². The number of hydrogen-bond donors (Lipinski definition) is 1. The topological polar surface area (TPSA) is 70.5 Å². The molecule has 2 rings (SSSR count). The molecule has 0 aliphatic rings. The summed E-state index contributed by atoms with van der Waals surface area (Å²) < 4.78 is 26.4. The molecule has 1 heterocycles. The lowest BCUT2D eigenvalue weighted by molar-refractivity contribution is 0.281. The molecule has 5 nitrogen and oxygen atoms in total. The Hall–Kier alpha value is -0.990. The molecule has 1 aromatic heterocycles. The van der Waals surface area contributed by atoms with E-state index in [1.807, 2.05) is 6.92 Å². The molecule has 0 saturated carbocycles. The molecule has 0 radical (unpaired) electrons. The highest BCUT2D eigenvalue weighted by atomic mass is 35.5. The fourth-order valence-corrected chi connectivity index (χ4v) is 4.35. The van der Waals surface area contributed by atoms with E-state index in [-0.39, 0.29) is 23.1 Å². The van der Waals surface area contributed by atoms with Crippen molar-refractivity contribution in [3.05, 3.63) is 44.9 Å². The summed E-state index contributed by atoms with van der Waals surface area (Å²) in [4.78, 5) is 4.99. The fourth-order valence-electron chi connectivity index (χ4n) is 1.78. The first kappa shape index (κ1) is 16.4. The first-order valence-corrected chi connectivity index (χ1v) is 8.80. The number of halogens is 1. The van der Waals surface area contributed by atoms with Gasteiger partial charge in [-0.3, -0.25) is 0 Å². The molecule has 21 heavy (non-hydrogen) atoms. The van der Waals surface area contributed by atoms with Crippen molar-refractivity contribution in [2.24, 2.45) is 0 Å². The molecular weight excluding hydrogens is 332 g/mol. The SMILES string of the molecule is Cc1ncsc1CN(C)S(=O)(=O)c1cc(CO)ccc1Cl. The lowest BCUT2D eigenvalue weighted by Crippen LogP contribution is -2.26. The average Bonchev–Trinajstić information content (AvgIpc) is 2.84. The van der Waals surface area contributed by atoms with E-state index in [0.29, 0.717) is 5.56 Å². The first-order chi connectivity index (χ1) is 9.86. The molecule has 0 aliphatic heterocycles. The van der Waals surface area contributed by atoms with Crippen molar-refractivity contribution in [2.45, 2.75) is 25.0 Å². The lowest BCUT2D eigenvalue weighted by atomic mass is 10.2. The molecule has 0 unspecified atom stereocenters. The Kier molecular flexibility index (Phi) is 5.00. The molecule has 0 spiro atoms. The molecule has 0 saturated heterocycles. The van der Waals surface area contributed by atoms with Gasteiger partial charge in [-0.1, -0.05) is 17.7 Å². The summed E-state index contributed by atoms with van der Waals surface area (Å²) in [5, 5.41) is 9.28. The number of hydrogen-bond acceptors (Lipinski definition) is 5. The summed E-state index contributed by atoms with van der Waals surface area (Å²) in [5.74, 6) is 0. The molecule has 1 N–H and O–H groups in total. The third-order valence-corrected chi connectivity index (χ3v) is 6.28. The summed E-state index contributed by atoms with van der Waals surface area (Å²) in [6.45, 7) is 1.83. The van der Waals surface area contributed by atoms with Gasteiger partial charge >= 0.3 is 0 Å². The molecule has 114 valence electrons. The van der Waals surface area contributed by atoms with Crippen LogP contribution in [0.1, 0.15) is 16.1 Å². The third-order valence-electron chi connectivity index (χ3n) is 3.08. The summed E-state index contributed by atoms with van der Waals surface area (Å²) >= 11 is 7.41. The monoisotopic (exact) mass is 346 g/mol. The molecule has 0 fully saturated rings. The van der Waals surface area contributed by atoms with Crippen LogP contribution in [0, 0.1) is 6.92 Å². The second kappa shape index (κ2) is 6.41. The second-order valence-corrected chi connectivity index (χ2v) is 7.90. The Morgan fingerprint density at radius 1 is 1.43 bits per heavy atom. The van der Waals surface area contributed by atoms with Crippen molar-refractivity contribution in [3.8, 4) is 0 Å². The number of thiazole rings is 1. The van der Waals surface area contributed by atoms with Gasteiger partial charge in [-0.2, -0.15) is 4.31 Å². The first-order valence-electron chi connectivity index (χ1n) is 6.11. The number of aromatic nitrogens is 1. The maximum absolute atomic E-state index is 12.6. The summed E-state index contributed by atoms with van der Waals surface area (Å²) in [7, 11) is -2.23. The van der Waals surface area contributed by atoms with Crippen LogP contribution in [0.5, 0.6) is 0 Å². The maximum Gasteiger partial charge on any atom is 0.244 e. The van der Waals surface area contributed by atoms with E-state index in [1.165, 1.54) is 34.8 Å². The molecule has 0 atom stereocenters. The smallest absolute Gasteiger partial charge is 0.244 e. The van der Waals surface area contributed by atoms with Crippen molar-refractivity contribution in [1.82, 2.24) is 9.29 Å². The van der Waals surface area contributed by atoms with Crippen molar-refractivity contribution in [1.29, 1.82) is 0 Å². The van der Waals surface area contributed by atoms with E-state index >= 15 is 0 Å². The number of nitrogens with zero attached hydrogens (tertiary/aromatic N) is 2. The van der Waals surface area contributed by atoms with Crippen LogP contribution in [0.4, 0.5) is 0 Å². The van der Waals surface area contributed by atoms with Gasteiger partial charge in [0.2, 0.25) is 10.0 Å². The Morgan fingerprint density at radius 2 is 2.14 bits per heavy atom. The van der Waals surface area contributed by atoms with Gasteiger partial charge in [0.25, 0.3) is 0 Å². The zero-order valence-electron chi connectivity index (χ0n) is 11.6. The summed E-state index contributed by atoms with van der Waals surface area (Å²) in [5.41, 5.74) is 3.00. The van der Waals surface area contributed by atoms with Crippen LogP contribution in [0.2, 0.25) is 5.02 Å².